The first-order chi connectivity index (χ1) is 6.04. The molecule has 0 saturated carbocycles. The van der Waals surface area contributed by atoms with Crippen LogP contribution in [0.1, 0.15) is 24.3 Å². The molecular weight excluding hydrogens is 174 g/mol. The third-order valence-corrected chi connectivity index (χ3v) is 1.53. The van der Waals surface area contributed by atoms with Crippen LogP contribution in [0.3, 0.4) is 0 Å². The second-order valence-corrected chi connectivity index (χ2v) is 2.80. The van der Waals surface area contributed by atoms with Gasteiger partial charge in [-0.05, 0) is 13.8 Å². The number of carboxylic acid groups (broad SMARTS) is 1. The Morgan fingerprint density at radius 2 is 2.23 bits per heavy atom. The van der Waals surface area contributed by atoms with Gasteiger partial charge in [-0.1, -0.05) is 0 Å². The van der Waals surface area contributed by atoms with Gasteiger partial charge in [0, 0.05) is 6.04 Å². The van der Waals surface area contributed by atoms with Crippen LogP contribution in [0.2, 0.25) is 0 Å². The minimum absolute atomic E-state index is 0.0387. The molecular formula is C6H11N5O2. The van der Waals surface area contributed by atoms with Crippen LogP contribution in [0.15, 0.2) is 0 Å². The third kappa shape index (κ3) is 1.75. The van der Waals surface area contributed by atoms with Crippen molar-refractivity contribution in [2.75, 3.05) is 5.01 Å². The number of hydrazine groups is 1. The van der Waals surface area contributed by atoms with E-state index in [9.17, 15) is 4.79 Å². The first-order valence-corrected chi connectivity index (χ1v) is 3.72. The Morgan fingerprint density at radius 1 is 1.62 bits per heavy atom. The van der Waals surface area contributed by atoms with Crippen LogP contribution in [0.25, 0.3) is 0 Å². The number of H-pyrrole nitrogens is 1. The Bertz CT molecular complexity index is 308. The standard InChI is InChI=1S/C6H11N5O2/c1-3(2)11(7)5-4(6(12)13)8-10-9-5/h3H,7H2,1-2H3,(H,12,13)(H,8,9,10). The number of carbonyl (C=O) groups is 1. The number of nitrogens with two attached hydrogens (primary N) is 1. The summed E-state index contributed by atoms with van der Waals surface area (Å²) in [6.45, 7) is 3.64. The summed E-state index contributed by atoms with van der Waals surface area (Å²) in [4.78, 5) is 10.6. The fraction of sp³-hybridized carbons (Fsp3) is 0.500. The van der Waals surface area contributed by atoms with Crippen LogP contribution in [0.5, 0.6) is 0 Å². The number of aromatic nitrogens is 3. The lowest BCUT2D eigenvalue weighted by Crippen LogP contribution is -2.38. The van der Waals surface area contributed by atoms with Gasteiger partial charge >= 0.3 is 5.97 Å². The molecule has 0 saturated heterocycles. The molecule has 1 aromatic rings. The molecule has 0 spiro atoms. The van der Waals surface area contributed by atoms with Crippen molar-refractivity contribution in [3.05, 3.63) is 5.69 Å². The number of hydrogen-bond donors (Lipinski definition) is 3. The van der Waals surface area contributed by atoms with E-state index in [1.807, 2.05) is 13.8 Å². The van der Waals surface area contributed by atoms with Crippen LogP contribution in [0.4, 0.5) is 5.82 Å². The largest absolute Gasteiger partial charge is 0.476 e. The summed E-state index contributed by atoms with van der Waals surface area (Å²) in [5.74, 6) is 4.56. The van der Waals surface area contributed by atoms with E-state index in [-0.39, 0.29) is 17.6 Å². The van der Waals surface area contributed by atoms with E-state index < -0.39 is 5.97 Å². The van der Waals surface area contributed by atoms with Crippen molar-refractivity contribution in [2.24, 2.45) is 5.84 Å². The van der Waals surface area contributed by atoms with E-state index in [2.05, 4.69) is 15.4 Å². The second-order valence-electron chi connectivity index (χ2n) is 2.80. The van der Waals surface area contributed by atoms with E-state index in [0.717, 1.165) is 0 Å². The number of rotatable bonds is 3. The highest BCUT2D eigenvalue weighted by Gasteiger charge is 2.20. The molecule has 0 radical (unpaired) electrons. The molecule has 7 heteroatoms. The van der Waals surface area contributed by atoms with E-state index in [4.69, 9.17) is 10.9 Å². The zero-order chi connectivity index (χ0) is 10.0. The third-order valence-electron chi connectivity index (χ3n) is 1.53. The Labute approximate surface area is 74.5 Å². The maximum absolute atomic E-state index is 10.6. The van der Waals surface area contributed by atoms with Gasteiger partial charge in [-0.25, -0.2) is 10.6 Å². The summed E-state index contributed by atoms with van der Waals surface area (Å²) in [5.41, 5.74) is -0.170. The number of nitrogens with one attached hydrogen (secondary N) is 1. The maximum Gasteiger partial charge on any atom is 0.360 e. The van der Waals surface area contributed by atoms with Gasteiger partial charge in [0.2, 0.25) is 5.69 Å². The molecule has 7 nitrogen and oxygen atoms in total. The molecule has 0 unspecified atom stereocenters. The van der Waals surface area contributed by atoms with Crippen LogP contribution < -0.4 is 10.9 Å². The summed E-state index contributed by atoms with van der Waals surface area (Å²) >= 11 is 0. The van der Waals surface area contributed by atoms with Crippen molar-refractivity contribution in [2.45, 2.75) is 19.9 Å². The SMILES string of the molecule is CC(C)N(N)c1n[nH]nc1C(=O)O. The van der Waals surface area contributed by atoms with Gasteiger partial charge in [0.1, 0.15) is 0 Å². The van der Waals surface area contributed by atoms with Crippen molar-refractivity contribution in [1.29, 1.82) is 0 Å². The molecule has 72 valence electrons. The second kappa shape index (κ2) is 3.40. The van der Waals surface area contributed by atoms with E-state index in [1.165, 1.54) is 5.01 Å². The predicted molar refractivity (Wildman–Crippen MR) is 45.1 cm³/mol. The Balaban J connectivity index is 3.00. The first kappa shape index (κ1) is 9.46. The van der Waals surface area contributed by atoms with Gasteiger partial charge < -0.3 is 5.11 Å². The number of aromatic amines is 1. The van der Waals surface area contributed by atoms with Gasteiger partial charge in [0.15, 0.2) is 5.82 Å². The van der Waals surface area contributed by atoms with Crippen molar-refractivity contribution in [3.63, 3.8) is 0 Å². The molecule has 0 amide bonds. The summed E-state index contributed by atoms with van der Waals surface area (Å²) < 4.78 is 0. The molecule has 1 heterocycles. The summed E-state index contributed by atoms with van der Waals surface area (Å²) in [7, 11) is 0. The van der Waals surface area contributed by atoms with Crippen LogP contribution >= 0.6 is 0 Å². The Hall–Kier alpha value is -1.63. The molecule has 0 aliphatic heterocycles. The van der Waals surface area contributed by atoms with Crippen molar-refractivity contribution in [3.8, 4) is 0 Å². The van der Waals surface area contributed by atoms with Gasteiger partial charge in [0.05, 0.1) is 0 Å². The van der Waals surface area contributed by atoms with Crippen LogP contribution in [0, 0.1) is 0 Å². The lowest BCUT2D eigenvalue weighted by Gasteiger charge is -2.19. The summed E-state index contributed by atoms with van der Waals surface area (Å²) in [6, 6.07) is -0.0387. The topological polar surface area (TPSA) is 108 Å². The fourth-order valence-electron chi connectivity index (χ4n) is 0.793. The Kier molecular flexibility index (Phi) is 2.47. The Morgan fingerprint density at radius 3 is 2.69 bits per heavy atom. The molecule has 0 atom stereocenters. The van der Waals surface area contributed by atoms with Crippen molar-refractivity contribution in [1.82, 2.24) is 15.4 Å². The smallest absolute Gasteiger partial charge is 0.360 e. The van der Waals surface area contributed by atoms with Gasteiger partial charge in [-0.3, -0.25) is 5.01 Å². The molecule has 1 rings (SSSR count). The van der Waals surface area contributed by atoms with Crippen molar-refractivity contribution >= 4 is 11.8 Å². The molecule has 0 aliphatic carbocycles. The number of carboxylic acids is 1. The molecule has 1 aromatic heterocycles. The maximum atomic E-state index is 10.6. The van der Waals surface area contributed by atoms with Crippen LogP contribution in [-0.4, -0.2) is 32.5 Å². The summed E-state index contributed by atoms with van der Waals surface area (Å²) in [5, 5.41) is 19.2. The minimum atomic E-state index is -1.15. The molecule has 0 aliphatic rings. The van der Waals surface area contributed by atoms with E-state index in [0.29, 0.717) is 0 Å². The number of anilines is 1. The number of aromatic carboxylic acids is 1. The number of hydrogen-bond acceptors (Lipinski definition) is 5. The molecule has 0 bridgehead atoms. The van der Waals surface area contributed by atoms with E-state index >= 15 is 0 Å². The highest BCUT2D eigenvalue weighted by atomic mass is 16.4. The van der Waals surface area contributed by atoms with Crippen LogP contribution in [-0.2, 0) is 0 Å². The van der Waals surface area contributed by atoms with Gasteiger partial charge in [-0.2, -0.15) is 5.21 Å². The van der Waals surface area contributed by atoms with E-state index in [1.54, 1.807) is 0 Å². The molecule has 0 aromatic carbocycles. The van der Waals surface area contributed by atoms with Gasteiger partial charge in [-0.15, -0.1) is 10.2 Å². The molecule has 13 heavy (non-hydrogen) atoms. The highest BCUT2D eigenvalue weighted by Crippen LogP contribution is 2.13. The zero-order valence-electron chi connectivity index (χ0n) is 7.35. The van der Waals surface area contributed by atoms with Gasteiger partial charge in [0.25, 0.3) is 0 Å². The molecule has 4 N–H and O–H groups in total. The lowest BCUT2D eigenvalue weighted by molar-refractivity contribution is 0.0691. The normalized spacial score (nSPS) is 10.5. The average molecular weight is 185 g/mol. The fourth-order valence-corrected chi connectivity index (χ4v) is 0.793. The predicted octanol–water partition coefficient (Wildman–Crippen LogP) is -0.409. The zero-order valence-corrected chi connectivity index (χ0v) is 7.35. The summed E-state index contributed by atoms with van der Waals surface area (Å²) in [6.07, 6.45) is 0. The monoisotopic (exact) mass is 185 g/mol. The molecule has 0 fully saturated rings. The first-order valence-electron chi connectivity index (χ1n) is 3.72. The minimum Gasteiger partial charge on any atom is -0.476 e. The lowest BCUT2D eigenvalue weighted by atomic mass is 10.3. The number of nitrogens with zero attached hydrogens (tertiary/aromatic N) is 3. The van der Waals surface area contributed by atoms with Crippen molar-refractivity contribution < 1.29 is 9.90 Å². The highest BCUT2D eigenvalue weighted by molar-refractivity contribution is 5.90. The quantitative estimate of drug-likeness (QED) is 0.436. The average Bonchev–Trinajstić information content (AvgIpc) is 2.50.